The number of para-hydroxylation sites is 8. The number of hydrogen-bond donors (Lipinski definition) is 0. The van der Waals surface area contributed by atoms with Gasteiger partial charge in [-0.2, -0.15) is 5.26 Å². The maximum Gasteiger partial charge on any atom is 0.220 e. The molecule has 0 radical (unpaired) electrons. The van der Waals surface area contributed by atoms with E-state index in [1.165, 1.54) is 21.8 Å². The molecule has 0 unspecified atom stereocenters. The molecule has 0 spiro atoms. The zero-order chi connectivity index (χ0) is 41.3. The standard InChI is InChI=1S/C56H33N7/c57-34-43-49(61-47-21-8-3-16-39(47)41-32-35(28-30-51(41)61)59-45-19-6-1-14-37(45)38-15-2-7-20-46(38)59)26-13-27-50(43)62-48-22-9-4-17-40(48)42-33-36(29-31-52(42)62)60-54-24-11-12-25-55(54)63-53-23-10-5-18-44(53)58-56(60)63/h1-33H. The van der Waals surface area contributed by atoms with Crippen LogP contribution in [0, 0.1) is 11.3 Å². The topological polar surface area (TPSA) is 60.8 Å². The molecule has 7 heteroatoms. The summed E-state index contributed by atoms with van der Waals surface area (Å²) in [7, 11) is 0. The fourth-order valence-corrected chi connectivity index (χ4v) is 10.5. The lowest BCUT2D eigenvalue weighted by Crippen LogP contribution is -2.04. The third-order valence-electron chi connectivity index (χ3n) is 13.1. The third kappa shape index (κ3) is 4.53. The molecule has 0 N–H and O–H groups in total. The van der Waals surface area contributed by atoms with Crippen LogP contribution in [0.1, 0.15) is 5.56 Å². The van der Waals surface area contributed by atoms with E-state index in [0.29, 0.717) is 5.56 Å². The average Bonchev–Trinajstić information content (AvgIpc) is 4.13. The van der Waals surface area contributed by atoms with Gasteiger partial charge in [0.25, 0.3) is 0 Å². The van der Waals surface area contributed by atoms with Crippen molar-refractivity contribution in [3.8, 4) is 28.8 Å². The molecule has 0 saturated carbocycles. The van der Waals surface area contributed by atoms with E-state index in [1.807, 2.05) is 6.07 Å². The van der Waals surface area contributed by atoms with E-state index in [-0.39, 0.29) is 0 Å². The number of imidazole rings is 2. The zero-order valence-electron chi connectivity index (χ0n) is 33.7. The minimum absolute atomic E-state index is 0.598. The molecule has 292 valence electrons. The highest BCUT2D eigenvalue weighted by atomic mass is 15.2. The first-order valence-corrected chi connectivity index (χ1v) is 21.2. The van der Waals surface area contributed by atoms with Gasteiger partial charge in [0.05, 0.1) is 66.5 Å². The minimum atomic E-state index is 0.598. The van der Waals surface area contributed by atoms with Crippen LogP contribution in [0.3, 0.4) is 0 Å². The molecule has 14 aromatic rings. The van der Waals surface area contributed by atoms with Crippen LogP contribution in [0.2, 0.25) is 0 Å². The van der Waals surface area contributed by atoms with Crippen molar-refractivity contribution in [1.29, 1.82) is 5.26 Å². The predicted octanol–water partition coefficient (Wildman–Crippen LogP) is 13.6. The fraction of sp³-hybridized carbons (Fsp3) is 0. The molecule has 0 amide bonds. The molecule has 0 atom stereocenters. The molecular weight excluding hydrogens is 771 g/mol. The highest BCUT2D eigenvalue weighted by Crippen LogP contribution is 2.41. The molecule has 9 aromatic carbocycles. The van der Waals surface area contributed by atoms with Gasteiger partial charge in [-0.1, -0.05) is 103 Å². The normalized spacial score (nSPS) is 12.1. The van der Waals surface area contributed by atoms with E-state index < -0.39 is 0 Å². The van der Waals surface area contributed by atoms with Crippen molar-refractivity contribution in [1.82, 2.24) is 27.7 Å². The van der Waals surface area contributed by atoms with E-state index in [2.05, 4.69) is 223 Å². The number of fused-ring (bicyclic) bond motifs is 14. The quantitative estimate of drug-likeness (QED) is 0.178. The number of nitrogens with zero attached hydrogens (tertiary/aromatic N) is 7. The first-order valence-electron chi connectivity index (χ1n) is 21.2. The second-order valence-corrected chi connectivity index (χ2v) is 16.3. The molecule has 14 rings (SSSR count). The van der Waals surface area contributed by atoms with E-state index in [0.717, 1.165) is 94.2 Å². The number of benzene rings is 9. The number of rotatable bonds is 4. The van der Waals surface area contributed by atoms with Crippen LogP contribution in [0.5, 0.6) is 0 Å². The van der Waals surface area contributed by atoms with Gasteiger partial charge in [-0.05, 0) is 97.1 Å². The predicted molar refractivity (Wildman–Crippen MR) is 257 cm³/mol. The summed E-state index contributed by atoms with van der Waals surface area (Å²) in [5.74, 6) is 0.869. The lowest BCUT2D eigenvalue weighted by molar-refractivity contribution is 1.10. The Bertz CT molecular complexity index is 4240. The van der Waals surface area contributed by atoms with Crippen LogP contribution in [-0.2, 0) is 0 Å². The molecule has 0 aliphatic carbocycles. The molecule has 7 nitrogen and oxygen atoms in total. The molecule has 0 bridgehead atoms. The minimum Gasteiger partial charge on any atom is -0.309 e. The Balaban J connectivity index is 0.985. The second-order valence-electron chi connectivity index (χ2n) is 16.3. The van der Waals surface area contributed by atoms with Gasteiger partial charge < -0.3 is 13.7 Å². The van der Waals surface area contributed by atoms with Gasteiger partial charge in [0.2, 0.25) is 5.78 Å². The summed E-state index contributed by atoms with van der Waals surface area (Å²) in [5.41, 5.74) is 15.1. The van der Waals surface area contributed by atoms with Crippen molar-refractivity contribution in [3.63, 3.8) is 0 Å². The maximum absolute atomic E-state index is 11.3. The second kappa shape index (κ2) is 12.6. The first-order chi connectivity index (χ1) is 31.2. The summed E-state index contributed by atoms with van der Waals surface area (Å²) in [6, 6.07) is 73.4. The van der Waals surface area contributed by atoms with Crippen LogP contribution in [0.4, 0.5) is 0 Å². The Hall–Kier alpha value is -8.86. The van der Waals surface area contributed by atoms with Gasteiger partial charge in [-0.25, -0.2) is 4.98 Å². The lowest BCUT2D eigenvalue weighted by Gasteiger charge is -2.16. The molecule has 5 heterocycles. The molecule has 63 heavy (non-hydrogen) atoms. The highest BCUT2D eigenvalue weighted by Gasteiger charge is 2.23. The van der Waals surface area contributed by atoms with Crippen molar-refractivity contribution in [3.05, 3.63) is 206 Å². The van der Waals surface area contributed by atoms with Crippen LogP contribution >= 0.6 is 0 Å². The average molecular weight is 804 g/mol. The van der Waals surface area contributed by atoms with Gasteiger partial charge >= 0.3 is 0 Å². The van der Waals surface area contributed by atoms with E-state index >= 15 is 0 Å². The summed E-state index contributed by atoms with van der Waals surface area (Å²) in [6.07, 6.45) is 0. The molecule has 0 aliphatic heterocycles. The summed E-state index contributed by atoms with van der Waals surface area (Å²) in [5, 5.41) is 18.2. The smallest absolute Gasteiger partial charge is 0.220 e. The van der Waals surface area contributed by atoms with Gasteiger partial charge in [0, 0.05) is 43.7 Å². The SMILES string of the molecule is N#Cc1c(-n2c3ccccc3c3cc(-n4c5ccccc5c5ccccc54)ccc32)cccc1-n1c2ccccc2c2cc(-n3c4ccccc4n4c5ccccc5nc34)ccc21. The zero-order valence-corrected chi connectivity index (χ0v) is 33.7. The van der Waals surface area contributed by atoms with Gasteiger partial charge in [0.15, 0.2) is 0 Å². The Morgan fingerprint density at radius 2 is 0.746 bits per heavy atom. The van der Waals surface area contributed by atoms with Crippen LogP contribution in [0.15, 0.2) is 200 Å². The Morgan fingerprint density at radius 1 is 0.333 bits per heavy atom. The molecule has 0 fully saturated rings. The van der Waals surface area contributed by atoms with Gasteiger partial charge in [-0.15, -0.1) is 0 Å². The third-order valence-corrected chi connectivity index (χ3v) is 13.1. The molecule has 0 saturated heterocycles. The summed E-state index contributed by atoms with van der Waals surface area (Å²) < 4.78 is 11.4. The summed E-state index contributed by atoms with van der Waals surface area (Å²) in [6.45, 7) is 0. The first kappa shape index (κ1) is 33.9. The van der Waals surface area contributed by atoms with Crippen molar-refractivity contribution < 1.29 is 0 Å². The Labute approximate surface area is 359 Å². The Kier molecular flexibility index (Phi) is 6.78. The van der Waals surface area contributed by atoms with Gasteiger partial charge in [0.1, 0.15) is 11.6 Å². The van der Waals surface area contributed by atoms with Crippen molar-refractivity contribution in [2.75, 3.05) is 0 Å². The Morgan fingerprint density at radius 3 is 1.29 bits per heavy atom. The number of hydrogen-bond acceptors (Lipinski definition) is 2. The van der Waals surface area contributed by atoms with Crippen molar-refractivity contribution in [2.45, 2.75) is 0 Å². The largest absolute Gasteiger partial charge is 0.309 e. The van der Waals surface area contributed by atoms with Crippen LogP contribution in [-0.4, -0.2) is 27.7 Å². The van der Waals surface area contributed by atoms with Crippen molar-refractivity contribution in [2.24, 2.45) is 0 Å². The lowest BCUT2D eigenvalue weighted by atomic mass is 10.1. The maximum atomic E-state index is 11.3. The summed E-state index contributed by atoms with van der Waals surface area (Å²) in [4.78, 5) is 5.15. The van der Waals surface area contributed by atoms with E-state index in [9.17, 15) is 5.26 Å². The summed E-state index contributed by atoms with van der Waals surface area (Å²) >= 11 is 0. The van der Waals surface area contributed by atoms with Crippen LogP contribution in [0.25, 0.3) is 116 Å². The number of nitriles is 1. The number of aromatic nitrogens is 6. The van der Waals surface area contributed by atoms with Crippen LogP contribution < -0.4 is 0 Å². The monoisotopic (exact) mass is 803 g/mol. The molecule has 5 aromatic heterocycles. The highest BCUT2D eigenvalue weighted by molar-refractivity contribution is 6.13. The molecule has 0 aliphatic rings. The van der Waals surface area contributed by atoms with E-state index in [1.54, 1.807) is 0 Å². The van der Waals surface area contributed by atoms with E-state index in [4.69, 9.17) is 4.98 Å². The van der Waals surface area contributed by atoms with Gasteiger partial charge in [-0.3, -0.25) is 8.97 Å². The molecular formula is C56H33N7. The van der Waals surface area contributed by atoms with Crippen molar-refractivity contribution >= 4 is 93.3 Å². The fourth-order valence-electron chi connectivity index (χ4n) is 10.5.